The summed E-state index contributed by atoms with van der Waals surface area (Å²) >= 11 is 7.43. The number of aliphatic carboxylic acids is 1. The topological polar surface area (TPSA) is 81.4 Å². The summed E-state index contributed by atoms with van der Waals surface area (Å²) in [7, 11) is 0. The maximum Gasteiger partial charge on any atom is 0.308 e. The van der Waals surface area contributed by atoms with Crippen LogP contribution in [0.5, 0.6) is 5.75 Å². The van der Waals surface area contributed by atoms with Crippen LogP contribution in [0.1, 0.15) is 52.0 Å². The predicted octanol–water partition coefficient (Wildman–Crippen LogP) is 5.70. The smallest absolute Gasteiger partial charge is 0.308 e. The number of aromatic nitrogens is 2. The van der Waals surface area contributed by atoms with Gasteiger partial charge in [-0.1, -0.05) is 50.8 Å². The summed E-state index contributed by atoms with van der Waals surface area (Å²) in [5, 5.41) is 9.23. The Labute approximate surface area is 179 Å². The first-order chi connectivity index (χ1) is 12.9. The second kappa shape index (κ2) is 10.4. The van der Waals surface area contributed by atoms with Gasteiger partial charge in [0.15, 0.2) is 0 Å². The van der Waals surface area contributed by atoms with Crippen molar-refractivity contribution in [2.75, 3.05) is 0 Å². The molecule has 0 aliphatic rings. The van der Waals surface area contributed by atoms with E-state index in [9.17, 15) is 9.59 Å². The number of hydrogen-bond acceptors (Lipinski definition) is 5. The zero-order valence-corrected chi connectivity index (χ0v) is 16.5. The number of carboxylic acid groups (broad SMARTS) is 1. The number of thiazole rings is 1. The van der Waals surface area contributed by atoms with E-state index in [4.69, 9.17) is 21.4 Å². The summed E-state index contributed by atoms with van der Waals surface area (Å²) in [6.45, 7) is 4.08. The molecule has 1 N–H and O–H groups in total. The molecule has 0 amide bonds. The first-order valence-corrected chi connectivity index (χ1v) is 9.72. The van der Waals surface area contributed by atoms with Crippen LogP contribution in [0.2, 0.25) is 5.02 Å². The normalized spacial score (nSPS) is 11.4. The van der Waals surface area contributed by atoms with Crippen LogP contribution in [0, 0.1) is 6.92 Å². The highest BCUT2D eigenvalue weighted by Gasteiger charge is 2.17. The molecule has 29 heavy (non-hydrogen) atoms. The molecule has 0 aliphatic carbocycles. The highest BCUT2D eigenvalue weighted by molar-refractivity contribution is 7.16. The van der Waals surface area contributed by atoms with Gasteiger partial charge in [0.1, 0.15) is 11.9 Å². The van der Waals surface area contributed by atoms with Crippen LogP contribution in [0.15, 0.2) is 35.3 Å². The van der Waals surface area contributed by atoms with E-state index >= 15 is 0 Å². The molecule has 0 aliphatic heterocycles. The fourth-order valence-electron chi connectivity index (χ4n) is 2.75. The van der Waals surface area contributed by atoms with E-state index in [1.807, 2.05) is 26.0 Å². The molecule has 0 saturated carbocycles. The highest BCUT2D eigenvalue weighted by Crippen LogP contribution is 2.35. The number of halogens is 1. The molecule has 1 atom stereocenters. The number of carboxylic acids is 1. The standard InChI is InChI=1S/C19H19ClN2O4S.2CH4/c1-3-15(13-5-4-11(2)10-21-13)26-16-9-17-14(8-12(16)20)22(19(25)27-17)7-6-18(23)24;;/h4-5,8-10,15H,3,6-7H2,1-2H3,(H,23,24);2*1H4/t15-;;/m0../s1. The first kappa shape index (κ1) is 24.7. The molecule has 1 aromatic carbocycles. The Morgan fingerprint density at radius 2 is 2.07 bits per heavy atom. The molecule has 3 rings (SSSR count). The second-order valence-electron chi connectivity index (χ2n) is 6.19. The minimum Gasteiger partial charge on any atom is -0.483 e. The van der Waals surface area contributed by atoms with Gasteiger partial charge in [-0.3, -0.25) is 19.1 Å². The molecule has 3 aromatic rings. The number of aryl methyl sites for hydroxylation is 2. The quantitative estimate of drug-likeness (QED) is 0.511. The number of ether oxygens (including phenoxy) is 1. The monoisotopic (exact) mass is 438 g/mol. The first-order valence-electron chi connectivity index (χ1n) is 8.53. The molecule has 2 aromatic heterocycles. The minimum atomic E-state index is -0.955. The van der Waals surface area contributed by atoms with Crippen molar-refractivity contribution < 1.29 is 14.6 Å². The van der Waals surface area contributed by atoms with Crippen LogP contribution in [0.3, 0.4) is 0 Å². The van der Waals surface area contributed by atoms with E-state index in [2.05, 4.69) is 4.98 Å². The fourth-order valence-corrected chi connectivity index (χ4v) is 3.88. The maximum atomic E-state index is 12.2. The van der Waals surface area contributed by atoms with Crippen LogP contribution in [-0.2, 0) is 11.3 Å². The Morgan fingerprint density at radius 1 is 1.34 bits per heavy atom. The van der Waals surface area contributed by atoms with Gasteiger partial charge < -0.3 is 9.84 Å². The van der Waals surface area contributed by atoms with E-state index in [1.54, 1.807) is 18.3 Å². The average Bonchev–Trinajstić information content (AvgIpc) is 2.93. The molecule has 0 saturated heterocycles. The van der Waals surface area contributed by atoms with Gasteiger partial charge in [0, 0.05) is 18.8 Å². The lowest BCUT2D eigenvalue weighted by Gasteiger charge is -2.18. The molecule has 0 unspecified atom stereocenters. The van der Waals surface area contributed by atoms with Crippen molar-refractivity contribution in [3.63, 3.8) is 0 Å². The summed E-state index contributed by atoms with van der Waals surface area (Å²) in [6, 6.07) is 7.29. The van der Waals surface area contributed by atoms with Crippen LogP contribution >= 0.6 is 22.9 Å². The van der Waals surface area contributed by atoms with Gasteiger partial charge in [-0.25, -0.2) is 0 Å². The largest absolute Gasteiger partial charge is 0.483 e. The van der Waals surface area contributed by atoms with Gasteiger partial charge in [-0.15, -0.1) is 0 Å². The number of carbonyl (C=O) groups is 1. The lowest BCUT2D eigenvalue weighted by Crippen LogP contribution is -2.15. The SMILES string of the molecule is C.C.CC[C@H](Oc1cc2sc(=O)n(CCC(=O)O)c2cc1Cl)c1ccc(C)cn1. The second-order valence-corrected chi connectivity index (χ2v) is 7.59. The maximum absolute atomic E-state index is 12.2. The molecule has 0 bridgehead atoms. The van der Waals surface area contributed by atoms with Gasteiger partial charge in [-0.2, -0.15) is 0 Å². The summed E-state index contributed by atoms with van der Waals surface area (Å²) in [5.74, 6) is -0.478. The van der Waals surface area contributed by atoms with Gasteiger partial charge >= 0.3 is 10.8 Å². The molecular formula is C21H27ClN2O4S. The Hall–Kier alpha value is -2.38. The van der Waals surface area contributed by atoms with Gasteiger partial charge in [0.2, 0.25) is 0 Å². The predicted molar refractivity (Wildman–Crippen MR) is 119 cm³/mol. The van der Waals surface area contributed by atoms with Crippen molar-refractivity contribution in [2.45, 2.75) is 54.2 Å². The van der Waals surface area contributed by atoms with Crippen LogP contribution in [-0.4, -0.2) is 20.6 Å². The zero-order valence-electron chi connectivity index (χ0n) is 14.9. The number of fused-ring (bicyclic) bond motifs is 1. The number of nitrogens with zero attached hydrogens (tertiary/aromatic N) is 2. The minimum absolute atomic E-state index is 0. The lowest BCUT2D eigenvalue weighted by atomic mass is 10.1. The Bertz CT molecular complexity index is 1030. The Balaban J connectivity index is 0.00000210. The summed E-state index contributed by atoms with van der Waals surface area (Å²) in [5.41, 5.74) is 2.50. The molecule has 2 heterocycles. The van der Waals surface area contributed by atoms with Crippen LogP contribution in [0.25, 0.3) is 10.2 Å². The number of hydrogen-bond donors (Lipinski definition) is 1. The van der Waals surface area contributed by atoms with Crippen molar-refractivity contribution in [2.24, 2.45) is 0 Å². The van der Waals surface area contributed by atoms with E-state index < -0.39 is 5.97 Å². The lowest BCUT2D eigenvalue weighted by molar-refractivity contribution is -0.137. The fraction of sp³-hybridized carbons (Fsp3) is 0.381. The van der Waals surface area contributed by atoms with Gasteiger partial charge in [0.25, 0.3) is 0 Å². The zero-order chi connectivity index (χ0) is 19.6. The van der Waals surface area contributed by atoms with Crippen LogP contribution < -0.4 is 9.61 Å². The molecule has 0 radical (unpaired) electrons. The molecule has 8 heteroatoms. The van der Waals surface area contributed by atoms with Crippen molar-refractivity contribution in [1.29, 1.82) is 0 Å². The number of rotatable bonds is 7. The van der Waals surface area contributed by atoms with E-state index in [0.29, 0.717) is 27.4 Å². The van der Waals surface area contributed by atoms with E-state index in [-0.39, 0.29) is 38.8 Å². The molecular weight excluding hydrogens is 412 g/mol. The third kappa shape index (κ3) is 5.58. The van der Waals surface area contributed by atoms with E-state index in [1.165, 1.54) is 4.57 Å². The van der Waals surface area contributed by atoms with E-state index in [0.717, 1.165) is 22.6 Å². The van der Waals surface area contributed by atoms with Gasteiger partial charge in [0.05, 0.1) is 27.4 Å². The summed E-state index contributed by atoms with van der Waals surface area (Å²) in [4.78, 5) is 27.2. The Morgan fingerprint density at radius 3 is 2.66 bits per heavy atom. The van der Waals surface area contributed by atoms with Crippen molar-refractivity contribution in [3.05, 3.63) is 56.4 Å². The molecule has 6 nitrogen and oxygen atoms in total. The van der Waals surface area contributed by atoms with Crippen LogP contribution in [0.4, 0.5) is 0 Å². The third-order valence-electron chi connectivity index (χ3n) is 4.18. The third-order valence-corrected chi connectivity index (χ3v) is 5.41. The summed E-state index contributed by atoms with van der Waals surface area (Å²) < 4.78 is 8.22. The molecule has 0 spiro atoms. The molecule has 158 valence electrons. The van der Waals surface area contributed by atoms with Gasteiger partial charge in [-0.05, 0) is 31.0 Å². The average molecular weight is 439 g/mol. The Kier molecular flexibility index (Phi) is 8.85. The highest BCUT2D eigenvalue weighted by atomic mass is 35.5. The van der Waals surface area contributed by atoms with Crippen molar-refractivity contribution >= 4 is 39.1 Å². The van der Waals surface area contributed by atoms with Crippen molar-refractivity contribution in [3.8, 4) is 5.75 Å². The summed E-state index contributed by atoms with van der Waals surface area (Å²) in [6.07, 6.45) is 2.12. The van der Waals surface area contributed by atoms with Crippen molar-refractivity contribution in [1.82, 2.24) is 9.55 Å². The molecule has 0 fully saturated rings. The number of pyridine rings is 1. The number of benzene rings is 1.